The lowest BCUT2D eigenvalue weighted by molar-refractivity contribution is -0.136. The quantitative estimate of drug-likeness (QED) is 0.720. The third-order valence-corrected chi connectivity index (χ3v) is 5.55. The highest BCUT2D eigenvalue weighted by atomic mass is 16.5. The van der Waals surface area contributed by atoms with E-state index in [4.69, 9.17) is 4.74 Å². The molecule has 0 unspecified atom stereocenters. The monoisotopic (exact) mass is 359 g/mol. The molecule has 2 aromatic rings. The number of carbonyl (C=O) groups excluding carboxylic acids is 1. The van der Waals surface area contributed by atoms with Crippen molar-refractivity contribution < 1.29 is 19.7 Å². The van der Waals surface area contributed by atoms with Crippen LogP contribution in [-0.4, -0.2) is 88.5 Å². The van der Waals surface area contributed by atoms with Gasteiger partial charge in [0.15, 0.2) is 0 Å². The Balaban J connectivity index is 1.42. The third kappa shape index (κ3) is 3.12. The van der Waals surface area contributed by atoms with Crippen LogP contribution < -0.4 is 0 Å². The van der Waals surface area contributed by atoms with Crippen molar-refractivity contribution in [3.63, 3.8) is 0 Å². The lowest BCUT2D eigenvalue weighted by atomic mass is 10.0. The number of nitrogens with zero attached hydrogens (tertiary/aromatic N) is 2. The minimum Gasteiger partial charge on any atom is -0.389 e. The number of fused-ring (bicyclic) bond motifs is 1. The summed E-state index contributed by atoms with van der Waals surface area (Å²) in [5.74, 6) is 0.000673. The van der Waals surface area contributed by atoms with Crippen LogP contribution in [-0.2, 0) is 4.74 Å². The first kappa shape index (κ1) is 17.5. The average molecular weight is 359 g/mol. The van der Waals surface area contributed by atoms with Gasteiger partial charge in [-0.3, -0.25) is 9.69 Å². The number of benzene rings is 1. The van der Waals surface area contributed by atoms with E-state index in [2.05, 4.69) is 9.88 Å². The lowest BCUT2D eigenvalue weighted by Gasteiger charge is -2.43. The fourth-order valence-corrected chi connectivity index (χ4v) is 3.93. The maximum atomic E-state index is 12.8. The number of rotatable bonds is 2. The average Bonchev–Trinajstić information content (AvgIpc) is 3.09. The van der Waals surface area contributed by atoms with Crippen LogP contribution in [0.15, 0.2) is 24.3 Å². The molecule has 2 saturated heterocycles. The molecule has 3 heterocycles. The maximum absolute atomic E-state index is 12.8. The van der Waals surface area contributed by atoms with E-state index < -0.39 is 12.2 Å². The van der Waals surface area contributed by atoms with E-state index in [0.717, 1.165) is 16.5 Å². The van der Waals surface area contributed by atoms with Gasteiger partial charge in [0.05, 0.1) is 25.4 Å². The first-order valence-electron chi connectivity index (χ1n) is 9.10. The second kappa shape index (κ2) is 7.00. The van der Waals surface area contributed by atoms with Crippen LogP contribution in [0, 0.1) is 6.92 Å². The Morgan fingerprint density at radius 1 is 1.19 bits per heavy atom. The predicted octanol–water partition coefficient (Wildman–Crippen LogP) is 0.355. The molecule has 0 radical (unpaired) electrons. The molecule has 140 valence electrons. The predicted molar refractivity (Wildman–Crippen MR) is 97.1 cm³/mol. The second-order valence-electron chi connectivity index (χ2n) is 7.21. The van der Waals surface area contributed by atoms with Gasteiger partial charge in [-0.05, 0) is 24.6 Å². The van der Waals surface area contributed by atoms with Crippen molar-refractivity contribution in [1.82, 2.24) is 14.8 Å². The first-order chi connectivity index (χ1) is 12.5. The Bertz CT molecular complexity index is 797. The van der Waals surface area contributed by atoms with Crippen molar-refractivity contribution in [2.75, 3.05) is 39.4 Å². The molecule has 1 aromatic carbocycles. The van der Waals surface area contributed by atoms with Crippen LogP contribution in [0.25, 0.3) is 10.9 Å². The van der Waals surface area contributed by atoms with Gasteiger partial charge >= 0.3 is 0 Å². The van der Waals surface area contributed by atoms with Crippen molar-refractivity contribution in [2.24, 2.45) is 0 Å². The van der Waals surface area contributed by atoms with Gasteiger partial charge in [-0.25, -0.2) is 0 Å². The standard InChI is InChI=1S/C19H25N3O4/c1-12-3-2-4-14-13(12)9-15(20-14)19(25)22-7-5-21(6-8-22)16-10-26-11-17(23)18(16)24/h2-4,9,16-18,20,23-24H,5-8,10-11H2,1H3/t16-,17-,18+/m1/s1. The van der Waals surface area contributed by atoms with Crippen molar-refractivity contribution in [3.8, 4) is 0 Å². The molecule has 1 aromatic heterocycles. The van der Waals surface area contributed by atoms with Crippen LogP contribution in [0.1, 0.15) is 16.1 Å². The number of hydrogen-bond donors (Lipinski definition) is 3. The maximum Gasteiger partial charge on any atom is 0.270 e. The molecule has 4 rings (SSSR count). The molecule has 2 aliphatic rings. The van der Waals surface area contributed by atoms with Gasteiger partial charge in [0.1, 0.15) is 11.8 Å². The largest absolute Gasteiger partial charge is 0.389 e. The Kier molecular flexibility index (Phi) is 4.71. The van der Waals surface area contributed by atoms with E-state index >= 15 is 0 Å². The van der Waals surface area contributed by atoms with Crippen molar-refractivity contribution >= 4 is 16.8 Å². The number of aromatic amines is 1. The zero-order valence-corrected chi connectivity index (χ0v) is 14.9. The van der Waals surface area contributed by atoms with Crippen LogP contribution in [0.5, 0.6) is 0 Å². The van der Waals surface area contributed by atoms with Gasteiger partial charge < -0.3 is 24.8 Å². The zero-order chi connectivity index (χ0) is 18.3. The molecule has 0 bridgehead atoms. The number of H-pyrrole nitrogens is 1. The first-order valence-corrected chi connectivity index (χ1v) is 9.10. The molecule has 26 heavy (non-hydrogen) atoms. The summed E-state index contributed by atoms with van der Waals surface area (Å²) in [5, 5.41) is 21.1. The molecular weight excluding hydrogens is 334 g/mol. The highest BCUT2D eigenvalue weighted by molar-refractivity contribution is 5.98. The van der Waals surface area contributed by atoms with Crippen LogP contribution in [0.2, 0.25) is 0 Å². The third-order valence-electron chi connectivity index (χ3n) is 5.55. The molecule has 3 atom stereocenters. The summed E-state index contributed by atoms with van der Waals surface area (Å²) in [6.45, 7) is 5.11. The van der Waals surface area contributed by atoms with E-state index in [0.29, 0.717) is 38.5 Å². The Morgan fingerprint density at radius 2 is 1.96 bits per heavy atom. The van der Waals surface area contributed by atoms with Gasteiger partial charge in [-0.15, -0.1) is 0 Å². The lowest BCUT2D eigenvalue weighted by Crippen LogP contribution is -2.60. The van der Waals surface area contributed by atoms with Crippen LogP contribution in [0.3, 0.4) is 0 Å². The fourth-order valence-electron chi connectivity index (χ4n) is 3.93. The molecule has 0 aliphatic carbocycles. The van der Waals surface area contributed by atoms with E-state index in [1.165, 1.54) is 0 Å². The number of aromatic nitrogens is 1. The van der Waals surface area contributed by atoms with Crippen molar-refractivity contribution in [1.29, 1.82) is 0 Å². The van der Waals surface area contributed by atoms with Gasteiger partial charge in [-0.1, -0.05) is 12.1 Å². The summed E-state index contributed by atoms with van der Waals surface area (Å²) in [7, 11) is 0. The summed E-state index contributed by atoms with van der Waals surface area (Å²) in [6.07, 6.45) is -1.65. The molecule has 7 heteroatoms. The second-order valence-corrected chi connectivity index (χ2v) is 7.21. The number of carbonyl (C=O) groups is 1. The molecule has 3 N–H and O–H groups in total. The molecule has 2 fully saturated rings. The van der Waals surface area contributed by atoms with Gasteiger partial charge in [-0.2, -0.15) is 0 Å². The van der Waals surface area contributed by atoms with Gasteiger partial charge in [0.2, 0.25) is 0 Å². The number of aliphatic hydroxyl groups excluding tert-OH is 2. The summed E-state index contributed by atoms with van der Waals surface area (Å²) < 4.78 is 5.37. The van der Waals surface area contributed by atoms with Crippen LogP contribution in [0.4, 0.5) is 0 Å². The summed E-state index contributed by atoms with van der Waals surface area (Å²) in [6, 6.07) is 7.70. The van der Waals surface area contributed by atoms with E-state index in [9.17, 15) is 15.0 Å². The van der Waals surface area contributed by atoms with Crippen molar-refractivity contribution in [3.05, 3.63) is 35.5 Å². The van der Waals surface area contributed by atoms with E-state index in [1.54, 1.807) is 0 Å². The number of amides is 1. The molecule has 0 saturated carbocycles. The highest BCUT2D eigenvalue weighted by Gasteiger charge is 2.37. The fraction of sp³-hybridized carbons (Fsp3) is 0.526. The molecule has 2 aliphatic heterocycles. The number of piperazine rings is 1. The molecular formula is C19H25N3O4. The zero-order valence-electron chi connectivity index (χ0n) is 14.9. The molecule has 0 spiro atoms. The smallest absolute Gasteiger partial charge is 0.270 e. The highest BCUT2D eigenvalue weighted by Crippen LogP contribution is 2.21. The normalized spacial score (nSPS) is 27.8. The number of hydrogen-bond acceptors (Lipinski definition) is 5. The molecule has 1 amide bonds. The van der Waals surface area contributed by atoms with Gasteiger partial charge in [0.25, 0.3) is 5.91 Å². The molecule has 7 nitrogen and oxygen atoms in total. The van der Waals surface area contributed by atoms with E-state index in [1.807, 2.05) is 36.1 Å². The minimum atomic E-state index is -0.844. The minimum absolute atomic E-state index is 0.000673. The van der Waals surface area contributed by atoms with Gasteiger partial charge in [0, 0.05) is 37.1 Å². The van der Waals surface area contributed by atoms with Crippen molar-refractivity contribution in [2.45, 2.75) is 25.2 Å². The van der Waals surface area contributed by atoms with E-state index in [-0.39, 0.29) is 18.6 Å². The summed E-state index contributed by atoms with van der Waals surface area (Å²) >= 11 is 0. The Morgan fingerprint density at radius 3 is 2.69 bits per heavy atom. The number of aliphatic hydroxyl groups is 2. The van der Waals surface area contributed by atoms with Crippen LogP contribution >= 0.6 is 0 Å². The topological polar surface area (TPSA) is 89.0 Å². The Labute approximate surface area is 152 Å². The number of ether oxygens (including phenoxy) is 1. The Hall–Kier alpha value is -1.93. The summed E-state index contributed by atoms with van der Waals surface area (Å²) in [4.78, 5) is 20.0. The number of nitrogens with one attached hydrogen (secondary N) is 1. The number of aryl methyl sites for hydroxylation is 1. The summed E-state index contributed by atoms with van der Waals surface area (Å²) in [5.41, 5.74) is 2.73. The SMILES string of the molecule is Cc1cccc2[nH]c(C(=O)N3CCN([C@@H]4COC[C@@H](O)[C@H]4O)CC3)cc12.